The highest BCUT2D eigenvalue weighted by Crippen LogP contribution is 2.11. The van der Waals surface area contributed by atoms with Crippen LogP contribution in [0.1, 0.15) is 39.0 Å². The second-order valence-electron chi connectivity index (χ2n) is 4.49. The topological polar surface area (TPSA) is 20.3 Å². The number of hydrogen-bond donors (Lipinski definition) is 0. The first-order chi connectivity index (χ1) is 7.72. The van der Waals surface area contributed by atoms with Crippen LogP contribution in [0.15, 0.2) is 23.8 Å². The molecule has 0 unspecified atom stereocenters. The van der Waals surface area contributed by atoms with Crippen LogP contribution in [0, 0.1) is 0 Å². The smallest absolute Gasteiger partial charge is 0.133 e. The summed E-state index contributed by atoms with van der Waals surface area (Å²) in [5.74, 6) is 0.359. The molecule has 0 heterocycles. The Hall–Kier alpha value is -0.890. The van der Waals surface area contributed by atoms with Crippen LogP contribution in [0.4, 0.5) is 0 Å². The van der Waals surface area contributed by atoms with E-state index in [1.54, 1.807) is 0 Å². The van der Waals surface area contributed by atoms with E-state index >= 15 is 0 Å². The minimum absolute atomic E-state index is 0.359. The SMILES string of the molecule is CCC(=O)CCN(C)CC1=CCCCC=C1. The van der Waals surface area contributed by atoms with Crippen molar-refractivity contribution in [3.8, 4) is 0 Å². The first kappa shape index (κ1) is 13.2. The molecule has 0 aromatic carbocycles. The summed E-state index contributed by atoms with van der Waals surface area (Å²) < 4.78 is 0. The van der Waals surface area contributed by atoms with Gasteiger partial charge in [-0.25, -0.2) is 0 Å². The maximum Gasteiger partial charge on any atom is 0.133 e. The van der Waals surface area contributed by atoms with E-state index in [0.29, 0.717) is 18.6 Å². The van der Waals surface area contributed by atoms with Crippen molar-refractivity contribution in [2.24, 2.45) is 0 Å². The monoisotopic (exact) mass is 221 g/mol. The summed E-state index contributed by atoms with van der Waals surface area (Å²) in [6, 6.07) is 0. The summed E-state index contributed by atoms with van der Waals surface area (Å²) in [6.07, 6.45) is 11.8. The molecule has 1 rings (SSSR count). The molecular formula is C14H23NO. The van der Waals surface area contributed by atoms with E-state index in [1.165, 1.54) is 24.8 Å². The average molecular weight is 221 g/mol. The molecule has 90 valence electrons. The highest BCUT2D eigenvalue weighted by Gasteiger charge is 2.04. The van der Waals surface area contributed by atoms with Crippen LogP contribution in [-0.4, -0.2) is 30.8 Å². The van der Waals surface area contributed by atoms with E-state index in [4.69, 9.17) is 0 Å². The molecule has 16 heavy (non-hydrogen) atoms. The summed E-state index contributed by atoms with van der Waals surface area (Å²) in [4.78, 5) is 13.4. The number of carbonyl (C=O) groups excluding carboxylic acids is 1. The molecule has 0 bridgehead atoms. The molecule has 0 N–H and O–H groups in total. The lowest BCUT2D eigenvalue weighted by Crippen LogP contribution is -2.23. The predicted molar refractivity (Wildman–Crippen MR) is 68.5 cm³/mol. The Labute approximate surface area is 99.0 Å². The van der Waals surface area contributed by atoms with Crippen LogP contribution in [-0.2, 0) is 4.79 Å². The molecule has 0 spiro atoms. The van der Waals surface area contributed by atoms with Crippen LogP contribution in [0.25, 0.3) is 0 Å². The van der Waals surface area contributed by atoms with Crippen LogP contribution in [0.2, 0.25) is 0 Å². The average Bonchev–Trinajstić information content (AvgIpc) is 2.54. The molecule has 0 atom stereocenters. The Morgan fingerprint density at radius 2 is 2.25 bits per heavy atom. The van der Waals surface area contributed by atoms with E-state index in [2.05, 4.69) is 30.2 Å². The van der Waals surface area contributed by atoms with E-state index in [1.807, 2.05) is 6.92 Å². The quantitative estimate of drug-likeness (QED) is 0.687. The third kappa shape index (κ3) is 5.26. The van der Waals surface area contributed by atoms with Crippen LogP contribution < -0.4 is 0 Å². The highest BCUT2D eigenvalue weighted by molar-refractivity contribution is 5.78. The van der Waals surface area contributed by atoms with Gasteiger partial charge in [-0.05, 0) is 31.9 Å². The minimum atomic E-state index is 0.359. The maximum atomic E-state index is 11.2. The molecule has 0 radical (unpaired) electrons. The summed E-state index contributed by atoms with van der Waals surface area (Å²) in [5.41, 5.74) is 1.39. The van der Waals surface area contributed by atoms with Gasteiger partial charge < -0.3 is 4.90 Å². The molecule has 2 nitrogen and oxygen atoms in total. The van der Waals surface area contributed by atoms with Gasteiger partial charge in [-0.2, -0.15) is 0 Å². The first-order valence-electron chi connectivity index (χ1n) is 6.28. The van der Waals surface area contributed by atoms with Crippen molar-refractivity contribution in [1.29, 1.82) is 0 Å². The Balaban J connectivity index is 2.29. The van der Waals surface area contributed by atoms with Gasteiger partial charge >= 0.3 is 0 Å². The van der Waals surface area contributed by atoms with Crippen LogP contribution in [0.3, 0.4) is 0 Å². The van der Waals surface area contributed by atoms with Gasteiger partial charge in [0.25, 0.3) is 0 Å². The van der Waals surface area contributed by atoms with Gasteiger partial charge in [-0.3, -0.25) is 4.79 Å². The standard InChI is InChI=1S/C14H23NO/c1-3-14(16)10-11-15(2)12-13-8-6-4-5-7-9-13/h6,8-9H,3-5,7,10-12H2,1-2H3. The molecule has 0 saturated carbocycles. The zero-order chi connectivity index (χ0) is 11.8. The number of allylic oxidation sites excluding steroid dienone is 2. The van der Waals surface area contributed by atoms with E-state index in [9.17, 15) is 4.79 Å². The molecule has 0 aromatic heterocycles. The Bertz CT molecular complexity index is 278. The number of ketones is 1. The van der Waals surface area contributed by atoms with Gasteiger partial charge in [0.15, 0.2) is 0 Å². The fourth-order valence-electron chi connectivity index (χ4n) is 1.83. The number of rotatable bonds is 6. The van der Waals surface area contributed by atoms with E-state index in [0.717, 1.165) is 13.1 Å². The maximum absolute atomic E-state index is 11.2. The summed E-state index contributed by atoms with van der Waals surface area (Å²) in [5, 5.41) is 0. The lowest BCUT2D eigenvalue weighted by Gasteiger charge is -2.16. The lowest BCUT2D eigenvalue weighted by molar-refractivity contribution is -0.119. The normalized spacial score (nSPS) is 16.1. The van der Waals surface area contributed by atoms with Crippen molar-refractivity contribution in [2.45, 2.75) is 39.0 Å². The number of hydrogen-bond acceptors (Lipinski definition) is 2. The van der Waals surface area contributed by atoms with Crippen LogP contribution >= 0.6 is 0 Å². The molecule has 0 amide bonds. The molecule has 2 heteroatoms. The van der Waals surface area contributed by atoms with Gasteiger partial charge in [0.2, 0.25) is 0 Å². The summed E-state index contributed by atoms with van der Waals surface area (Å²) in [7, 11) is 2.09. The Morgan fingerprint density at radius 1 is 1.44 bits per heavy atom. The van der Waals surface area contributed by atoms with E-state index < -0.39 is 0 Å². The molecule has 1 aliphatic rings. The van der Waals surface area contributed by atoms with Crippen molar-refractivity contribution < 1.29 is 4.79 Å². The molecule has 0 aliphatic heterocycles. The van der Waals surface area contributed by atoms with Crippen LogP contribution in [0.5, 0.6) is 0 Å². The fourth-order valence-corrected chi connectivity index (χ4v) is 1.83. The fraction of sp³-hybridized carbons (Fsp3) is 0.643. The van der Waals surface area contributed by atoms with Crippen molar-refractivity contribution in [3.05, 3.63) is 23.8 Å². The molecule has 0 fully saturated rings. The number of Topliss-reactive ketones (excluding diaryl/α,β-unsaturated/α-hetero) is 1. The van der Waals surface area contributed by atoms with Gasteiger partial charge in [0.05, 0.1) is 0 Å². The van der Waals surface area contributed by atoms with Crippen molar-refractivity contribution in [2.75, 3.05) is 20.1 Å². The molecule has 0 aromatic rings. The molecule has 1 aliphatic carbocycles. The minimum Gasteiger partial charge on any atom is -0.302 e. The Kier molecular flexibility index (Phi) is 6.09. The largest absolute Gasteiger partial charge is 0.302 e. The number of nitrogens with zero attached hydrogens (tertiary/aromatic N) is 1. The molecule has 0 saturated heterocycles. The zero-order valence-electron chi connectivity index (χ0n) is 10.5. The molecular weight excluding hydrogens is 198 g/mol. The van der Waals surface area contributed by atoms with Crippen molar-refractivity contribution in [1.82, 2.24) is 4.90 Å². The van der Waals surface area contributed by atoms with E-state index in [-0.39, 0.29) is 0 Å². The van der Waals surface area contributed by atoms with Gasteiger partial charge in [0.1, 0.15) is 5.78 Å². The third-order valence-corrected chi connectivity index (χ3v) is 2.93. The highest BCUT2D eigenvalue weighted by atomic mass is 16.1. The number of carbonyl (C=O) groups is 1. The third-order valence-electron chi connectivity index (χ3n) is 2.93. The lowest BCUT2D eigenvalue weighted by atomic mass is 10.2. The predicted octanol–water partition coefficient (Wildman–Crippen LogP) is 2.95. The van der Waals surface area contributed by atoms with Crippen molar-refractivity contribution >= 4 is 5.78 Å². The Morgan fingerprint density at radius 3 is 3.00 bits per heavy atom. The van der Waals surface area contributed by atoms with Gasteiger partial charge in [0, 0.05) is 25.9 Å². The second-order valence-corrected chi connectivity index (χ2v) is 4.49. The van der Waals surface area contributed by atoms with Crippen molar-refractivity contribution in [3.63, 3.8) is 0 Å². The first-order valence-corrected chi connectivity index (χ1v) is 6.28. The summed E-state index contributed by atoms with van der Waals surface area (Å²) in [6.45, 7) is 3.77. The van der Waals surface area contributed by atoms with Gasteiger partial charge in [-0.1, -0.05) is 25.2 Å². The van der Waals surface area contributed by atoms with Gasteiger partial charge in [-0.15, -0.1) is 0 Å². The number of likely N-dealkylation sites (N-methyl/N-ethyl adjacent to an activating group) is 1. The second kappa shape index (κ2) is 7.39. The summed E-state index contributed by atoms with van der Waals surface area (Å²) >= 11 is 0. The zero-order valence-corrected chi connectivity index (χ0v) is 10.5.